The second-order valence-corrected chi connectivity index (χ2v) is 3.88. The Morgan fingerprint density at radius 1 is 1.24 bits per heavy atom. The van der Waals surface area contributed by atoms with Crippen LogP contribution < -0.4 is 17.0 Å². The number of hydrazine groups is 1. The molecule has 1 unspecified atom stereocenters. The van der Waals surface area contributed by atoms with Crippen molar-refractivity contribution in [3.63, 3.8) is 0 Å². The average Bonchev–Trinajstić information content (AvgIpc) is 2.35. The van der Waals surface area contributed by atoms with E-state index in [0.717, 1.165) is 11.1 Å². The Bertz CT molecular complexity index is 499. The molecule has 2 aromatic rings. The maximum atomic E-state index is 5.81. The highest BCUT2D eigenvalue weighted by Crippen LogP contribution is 2.24. The van der Waals surface area contributed by atoms with Crippen molar-refractivity contribution in [1.82, 2.24) is 15.4 Å². The van der Waals surface area contributed by atoms with E-state index in [4.69, 9.17) is 23.2 Å². The molecule has 88 valence electrons. The third-order valence-corrected chi connectivity index (χ3v) is 2.66. The lowest BCUT2D eigenvalue weighted by atomic mass is 10.0. The molecule has 2 rings (SSSR count). The molecule has 2 aromatic heterocycles. The van der Waals surface area contributed by atoms with Crippen LogP contribution in [0.1, 0.15) is 17.2 Å². The Kier molecular flexibility index (Phi) is 3.53. The Labute approximate surface area is 104 Å². The molecule has 0 amide bonds. The average molecular weight is 250 g/mol. The third kappa shape index (κ3) is 2.52. The van der Waals surface area contributed by atoms with Gasteiger partial charge in [0.05, 0.1) is 6.04 Å². The van der Waals surface area contributed by atoms with Gasteiger partial charge in [0.1, 0.15) is 11.0 Å². The summed E-state index contributed by atoms with van der Waals surface area (Å²) in [5, 5.41) is 0.434. The zero-order chi connectivity index (χ0) is 12.3. The van der Waals surface area contributed by atoms with Gasteiger partial charge in [0.2, 0.25) is 0 Å². The third-order valence-electron chi connectivity index (χ3n) is 2.43. The minimum atomic E-state index is -0.256. The van der Waals surface area contributed by atoms with Crippen molar-refractivity contribution in [3.8, 4) is 0 Å². The van der Waals surface area contributed by atoms with Gasteiger partial charge < -0.3 is 5.73 Å². The summed E-state index contributed by atoms with van der Waals surface area (Å²) < 4.78 is 0. The van der Waals surface area contributed by atoms with Crippen LogP contribution >= 0.6 is 11.6 Å². The highest BCUT2D eigenvalue weighted by atomic mass is 35.5. The van der Waals surface area contributed by atoms with E-state index in [9.17, 15) is 0 Å². The number of hydrogen-bond donors (Lipinski definition) is 3. The fourth-order valence-corrected chi connectivity index (χ4v) is 1.71. The molecular formula is C11H12ClN5. The molecule has 6 heteroatoms. The van der Waals surface area contributed by atoms with E-state index in [1.54, 1.807) is 24.5 Å². The summed E-state index contributed by atoms with van der Waals surface area (Å²) >= 11 is 5.74. The van der Waals surface area contributed by atoms with Crippen molar-refractivity contribution in [3.05, 3.63) is 52.9 Å². The van der Waals surface area contributed by atoms with Crippen LogP contribution in [0, 0.1) is 0 Å². The van der Waals surface area contributed by atoms with E-state index in [1.165, 1.54) is 0 Å². The van der Waals surface area contributed by atoms with Gasteiger partial charge in [0, 0.05) is 18.0 Å². The first-order valence-corrected chi connectivity index (χ1v) is 5.38. The molecule has 0 bridgehead atoms. The molecule has 17 heavy (non-hydrogen) atoms. The monoisotopic (exact) mass is 249 g/mol. The highest BCUT2D eigenvalue weighted by molar-refractivity contribution is 6.29. The summed E-state index contributed by atoms with van der Waals surface area (Å²) in [5.74, 6) is 5.99. The van der Waals surface area contributed by atoms with Crippen molar-refractivity contribution in [1.29, 1.82) is 0 Å². The first-order chi connectivity index (χ1) is 8.22. The minimum absolute atomic E-state index is 0.256. The van der Waals surface area contributed by atoms with Crippen molar-refractivity contribution < 1.29 is 0 Å². The van der Waals surface area contributed by atoms with Crippen LogP contribution in [0.15, 0.2) is 36.7 Å². The van der Waals surface area contributed by atoms with E-state index in [2.05, 4.69) is 15.4 Å². The molecule has 5 nitrogen and oxygen atoms in total. The molecule has 0 spiro atoms. The zero-order valence-electron chi connectivity index (χ0n) is 8.97. The quantitative estimate of drug-likeness (QED) is 0.433. The Balaban J connectivity index is 2.40. The first-order valence-electron chi connectivity index (χ1n) is 5.00. The number of hydrogen-bond acceptors (Lipinski definition) is 5. The summed E-state index contributed by atoms with van der Waals surface area (Å²) in [6, 6.07) is 6.95. The fraction of sp³-hybridized carbons (Fsp3) is 0.0909. The standard InChI is InChI=1S/C11H12ClN5/c12-9-4-3-7(6-16-9)10(17-14)8-2-1-5-15-11(8)13/h1-6,10,17H,14H2,(H2,13,15). The van der Waals surface area contributed by atoms with Gasteiger partial charge in [-0.05, 0) is 17.7 Å². The van der Waals surface area contributed by atoms with E-state index in [-0.39, 0.29) is 6.04 Å². The molecule has 0 aliphatic rings. The second-order valence-electron chi connectivity index (χ2n) is 3.49. The zero-order valence-corrected chi connectivity index (χ0v) is 9.72. The van der Waals surface area contributed by atoms with Crippen LogP contribution in [0.4, 0.5) is 5.82 Å². The Morgan fingerprint density at radius 2 is 2.06 bits per heavy atom. The van der Waals surface area contributed by atoms with Gasteiger partial charge in [-0.3, -0.25) is 5.84 Å². The van der Waals surface area contributed by atoms with Crippen LogP contribution in [-0.4, -0.2) is 9.97 Å². The first kappa shape index (κ1) is 11.8. The van der Waals surface area contributed by atoms with Crippen LogP contribution in [0.3, 0.4) is 0 Å². The molecular weight excluding hydrogens is 238 g/mol. The maximum Gasteiger partial charge on any atom is 0.129 e. The molecule has 5 N–H and O–H groups in total. The van der Waals surface area contributed by atoms with Crippen molar-refractivity contribution in [2.24, 2.45) is 5.84 Å². The molecule has 1 atom stereocenters. The van der Waals surface area contributed by atoms with E-state index in [0.29, 0.717) is 11.0 Å². The maximum absolute atomic E-state index is 5.81. The van der Waals surface area contributed by atoms with Crippen LogP contribution in [0.25, 0.3) is 0 Å². The topological polar surface area (TPSA) is 89.8 Å². The van der Waals surface area contributed by atoms with Crippen LogP contribution in [-0.2, 0) is 0 Å². The molecule has 0 saturated heterocycles. The summed E-state index contributed by atoms with van der Waals surface area (Å²) in [5.41, 5.74) is 10.2. The molecule has 0 radical (unpaired) electrons. The molecule has 0 saturated carbocycles. The lowest BCUT2D eigenvalue weighted by Gasteiger charge is -2.17. The minimum Gasteiger partial charge on any atom is -0.383 e. The number of anilines is 1. The van der Waals surface area contributed by atoms with Crippen LogP contribution in [0.2, 0.25) is 5.15 Å². The molecule has 0 aliphatic heterocycles. The fourth-order valence-electron chi connectivity index (χ4n) is 1.60. The normalized spacial score (nSPS) is 12.4. The van der Waals surface area contributed by atoms with Gasteiger partial charge in [-0.15, -0.1) is 0 Å². The predicted octanol–water partition coefficient (Wildman–Crippen LogP) is 1.26. The molecule has 0 fully saturated rings. The summed E-state index contributed by atoms with van der Waals surface area (Å²) in [4.78, 5) is 8.04. The summed E-state index contributed by atoms with van der Waals surface area (Å²) in [7, 11) is 0. The Morgan fingerprint density at radius 3 is 2.65 bits per heavy atom. The number of halogens is 1. The molecule has 0 aromatic carbocycles. The number of nitrogens with two attached hydrogens (primary N) is 2. The lowest BCUT2D eigenvalue weighted by Crippen LogP contribution is -2.29. The Hall–Kier alpha value is -1.69. The van der Waals surface area contributed by atoms with Gasteiger partial charge in [0.15, 0.2) is 0 Å². The van der Waals surface area contributed by atoms with Gasteiger partial charge in [-0.25, -0.2) is 15.4 Å². The smallest absolute Gasteiger partial charge is 0.129 e. The van der Waals surface area contributed by atoms with E-state index < -0.39 is 0 Å². The number of nitrogens with zero attached hydrogens (tertiary/aromatic N) is 2. The number of rotatable bonds is 3. The molecule has 0 aliphatic carbocycles. The SMILES string of the molecule is NNC(c1ccc(Cl)nc1)c1cccnc1N. The van der Waals surface area contributed by atoms with E-state index >= 15 is 0 Å². The highest BCUT2D eigenvalue weighted by Gasteiger charge is 2.15. The number of nitrogens with one attached hydrogen (secondary N) is 1. The number of pyridine rings is 2. The largest absolute Gasteiger partial charge is 0.383 e. The van der Waals surface area contributed by atoms with Crippen molar-refractivity contribution in [2.75, 3.05) is 5.73 Å². The van der Waals surface area contributed by atoms with Gasteiger partial charge in [-0.1, -0.05) is 23.7 Å². The lowest BCUT2D eigenvalue weighted by molar-refractivity contribution is 0.634. The van der Waals surface area contributed by atoms with Gasteiger partial charge in [-0.2, -0.15) is 0 Å². The number of nitrogen functional groups attached to an aromatic ring is 1. The van der Waals surface area contributed by atoms with Gasteiger partial charge in [0.25, 0.3) is 0 Å². The van der Waals surface area contributed by atoms with E-state index in [1.807, 2.05) is 12.1 Å². The summed E-state index contributed by atoms with van der Waals surface area (Å²) in [6.45, 7) is 0. The molecule has 2 heterocycles. The van der Waals surface area contributed by atoms with Crippen molar-refractivity contribution in [2.45, 2.75) is 6.04 Å². The van der Waals surface area contributed by atoms with Crippen molar-refractivity contribution >= 4 is 17.4 Å². The number of aromatic nitrogens is 2. The summed E-state index contributed by atoms with van der Waals surface area (Å²) in [6.07, 6.45) is 3.28. The van der Waals surface area contributed by atoms with Gasteiger partial charge >= 0.3 is 0 Å². The second kappa shape index (κ2) is 5.09. The van der Waals surface area contributed by atoms with Crippen LogP contribution in [0.5, 0.6) is 0 Å². The predicted molar refractivity (Wildman–Crippen MR) is 67.1 cm³/mol.